The summed E-state index contributed by atoms with van der Waals surface area (Å²) in [6.07, 6.45) is 9.34. The molecular formula is C14H23NO. The van der Waals surface area contributed by atoms with Gasteiger partial charge in [-0.1, -0.05) is 39.5 Å². The van der Waals surface area contributed by atoms with Crippen molar-refractivity contribution in [1.82, 2.24) is 4.57 Å². The Kier molecular flexibility index (Phi) is 5.91. The average molecular weight is 221 g/mol. The van der Waals surface area contributed by atoms with Crippen LogP contribution in [-0.4, -0.2) is 10.9 Å². The minimum absolute atomic E-state index is 0.794. The molecule has 0 aromatic carbocycles. The Morgan fingerprint density at radius 1 is 1.25 bits per heavy atom. The van der Waals surface area contributed by atoms with Gasteiger partial charge in [0.2, 0.25) is 0 Å². The molecule has 1 rings (SSSR count). The number of carbonyl (C=O) groups is 1. The summed E-state index contributed by atoms with van der Waals surface area (Å²) in [5.41, 5.74) is 0.794. The second-order valence-corrected chi connectivity index (χ2v) is 4.84. The number of nitrogens with zero attached hydrogens (tertiary/aromatic N) is 1. The van der Waals surface area contributed by atoms with E-state index in [1.165, 1.54) is 32.1 Å². The molecule has 16 heavy (non-hydrogen) atoms. The highest BCUT2D eigenvalue weighted by Gasteiger charge is 1.99. The molecule has 1 aromatic rings. The summed E-state index contributed by atoms with van der Waals surface area (Å²) in [4.78, 5) is 10.7. The van der Waals surface area contributed by atoms with Gasteiger partial charge < -0.3 is 4.57 Å². The van der Waals surface area contributed by atoms with Crippen molar-refractivity contribution < 1.29 is 4.79 Å². The first-order valence-electron chi connectivity index (χ1n) is 6.34. The van der Waals surface area contributed by atoms with Crippen LogP contribution in [-0.2, 0) is 6.54 Å². The summed E-state index contributed by atoms with van der Waals surface area (Å²) in [6.45, 7) is 5.52. The summed E-state index contributed by atoms with van der Waals surface area (Å²) in [7, 11) is 0. The van der Waals surface area contributed by atoms with Crippen LogP contribution in [0.25, 0.3) is 0 Å². The molecule has 0 saturated heterocycles. The van der Waals surface area contributed by atoms with E-state index in [0.717, 1.165) is 24.4 Å². The first kappa shape index (κ1) is 13.0. The Morgan fingerprint density at radius 3 is 2.69 bits per heavy atom. The van der Waals surface area contributed by atoms with E-state index in [9.17, 15) is 4.79 Å². The fraction of sp³-hybridized carbons (Fsp3) is 0.643. The molecule has 0 aliphatic carbocycles. The molecule has 0 unspecified atom stereocenters. The van der Waals surface area contributed by atoms with Gasteiger partial charge in [-0.2, -0.15) is 0 Å². The molecule has 1 aromatic heterocycles. The zero-order chi connectivity index (χ0) is 11.8. The molecule has 0 saturated carbocycles. The summed E-state index contributed by atoms with van der Waals surface area (Å²) in [6, 6.07) is 3.80. The summed E-state index contributed by atoms with van der Waals surface area (Å²) >= 11 is 0. The van der Waals surface area contributed by atoms with Gasteiger partial charge in [-0.15, -0.1) is 0 Å². The third kappa shape index (κ3) is 4.65. The van der Waals surface area contributed by atoms with Crippen molar-refractivity contribution in [3.63, 3.8) is 0 Å². The lowest BCUT2D eigenvalue weighted by atomic mass is 10.0. The van der Waals surface area contributed by atoms with Crippen molar-refractivity contribution in [2.75, 3.05) is 0 Å². The van der Waals surface area contributed by atoms with Crippen LogP contribution >= 0.6 is 0 Å². The molecule has 0 atom stereocenters. The van der Waals surface area contributed by atoms with Crippen molar-refractivity contribution in [3.8, 4) is 0 Å². The van der Waals surface area contributed by atoms with Crippen LogP contribution in [0.5, 0.6) is 0 Å². The molecule has 1 heterocycles. The van der Waals surface area contributed by atoms with Gasteiger partial charge in [-0.05, 0) is 24.5 Å². The molecule has 0 aliphatic rings. The normalized spacial score (nSPS) is 10.9. The molecule has 0 radical (unpaired) electrons. The number of hydrogen-bond acceptors (Lipinski definition) is 1. The maximum atomic E-state index is 10.7. The van der Waals surface area contributed by atoms with Gasteiger partial charge in [0.1, 0.15) is 0 Å². The van der Waals surface area contributed by atoms with Gasteiger partial charge in [0, 0.05) is 12.7 Å². The zero-order valence-corrected chi connectivity index (χ0v) is 10.5. The lowest BCUT2D eigenvalue weighted by molar-refractivity contribution is 0.111. The monoisotopic (exact) mass is 221 g/mol. The summed E-state index contributed by atoms with van der Waals surface area (Å²) in [5, 5.41) is 0. The van der Waals surface area contributed by atoms with Crippen LogP contribution < -0.4 is 0 Å². The van der Waals surface area contributed by atoms with Crippen molar-refractivity contribution >= 4 is 6.29 Å². The molecule has 0 bridgehead atoms. The average Bonchev–Trinajstić information content (AvgIpc) is 2.70. The molecule has 0 aliphatic heterocycles. The minimum Gasteiger partial charge on any atom is -0.345 e. The van der Waals surface area contributed by atoms with E-state index in [0.29, 0.717) is 0 Å². The zero-order valence-electron chi connectivity index (χ0n) is 10.5. The number of hydrogen-bond donors (Lipinski definition) is 0. The fourth-order valence-electron chi connectivity index (χ4n) is 1.93. The Bertz CT molecular complexity index is 301. The number of carbonyl (C=O) groups excluding carboxylic acids is 1. The number of rotatable bonds is 8. The predicted molar refractivity (Wildman–Crippen MR) is 67.7 cm³/mol. The molecule has 0 spiro atoms. The van der Waals surface area contributed by atoms with Gasteiger partial charge in [0.25, 0.3) is 0 Å². The Balaban J connectivity index is 2.09. The van der Waals surface area contributed by atoms with Gasteiger partial charge in [0.05, 0.1) is 5.69 Å². The minimum atomic E-state index is 0.794. The van der Waals surface area contributed by atoms with Crippen molar-refractivity contribution in [3.05, 3.63) is 24.0 Å². The second-order valence-electron chi connectivity index (χ2n) is 4.84. The predicted octanol–water partition coefficient (Wildman–Crippen LogP) is 3.91. The van der Waals surface area contributed by atoms with Crippen LogP contribution in [0.4, 0.5) is 0 Å². The standard InChI is InChI=1S/C14H23NO/c1-13(2)8-5-3-4-6-10-15-11-7-9-14(15)12-16/h7,9,11-13H,3-6,8,10H2,1-2H3. The summed E-state index contributed by atoms with van der Waals surface area (Å²) < 4.78 is 2.04. The maximum absolute atomic E-state index is 10.7. The van der Waals surface area contributed by atoms with Crippen molar-refractivity contribution in [2.24, 2.45) is 5.92 Å². The van der Waals surface area contributed by atoms with Gasteiger partial charge >= 0.3 is 0 Å². The third-order valence-corrected chi connectivity index (χ3v) is 2.92. The van der Waals surface area contributed by atoms with E-state index in [1.54, 1.807) is 0 Å². The number of aldehydes is 1. The van der Waals surface area contributed by atoms with E-state index in [2.05, 4.69) is 13.8 Å². The lowest BCUT2D eigenvalue weighted by Crippen LogP contribution is -2.00. The third-order valence-electron chi connectivity index (χ3n) is 2.92. The van der Waals surface area contributed by atoms with E-state index >= 15 is 0 Å². The number of unbranched alkanes of at least 4 members (excludes halogenated alkanes) is 3. The van der Waals surface area contributed by atoms with Crippen LogP contribution in [0.2, 0.25) is 0 Å². The SMILES string of the molecule is CC(C)CCCCCCn1cccc1C=O. The smallest absolute Gasteiger partial charge is 0.166 e. The Hall–Kier alpha value is -1.05. The van der Waals surface area contributed by atoms with Crippen LogP contribution in [0.15, 0.2) is 18.3 Å². The first-order valence-corrected chi connectivity index (χ1v) is 6.34. The highest BCUT2D eigenvalue weighted by atomic mass is 16.1. The Morgan fingerprint density at radius 2 is 2.00 bits per heavy atom. The van der Waals surface area contributed by atoms with Crippen LogP contribution in [0.3, 0.4) is 0 Å². The molecule has 0 N–H and O–H groups in total. The van der Waals surface area contributed by atoms with Crippen molar-refractivity contribution in [1.29, 1.82) is 0 Å². The number of aryl methyl sites for hydroxylation is 1. The molecule has 0 amide bonds. The second kappa shape index (κ2) is 7.26. The summed E-state index contributed by atoms with van der Waals surface area (Å²) in [5.74, 6) is 0.825. The quantitative estimate of drug-likeness (QED) is 0.482. The molecule has 2 heteroatoms. The van der Waals surface area contributed by atoms with E-state index in [-0.39, 0.29) is 0 Å². The van der Waals surface area contributed by atoms with Gasteiger partial charge in [-0.25, -0.2) is 0 Å². The lowest BCUT2D eigenvalue weighted by Gasteiger charge is -2.06. The highest BCUT2D eigenvalue weighted by molar-refractivity contribution is 5.72. The topological polar surface area (TPSA) is 22.0 Å². The molecule has 0 fully saturated rings. The van der Waals surface area contributed by atoms with E-state index in [4.69, 9.17) is 0 Å². The maximum Gasteiger partial charge on any atom is 0.166 e. The van der Waals surface area contributed by atoms with Gasteiger partial charge in [-0.3, -0.25) is 4.79 Å². The van der Waals surface area contributed by atoms with E-state index in [1.807, 2.05) is 22.9 Å². The van der Waals surface area contributed by atoms with Crippen LogP contribution in [0, 0.1) is 5.92 Å². The number of aromatic nitrogens is 1. The van der Waals surface area contributed by atoms with Crippen LogP contribution in [0.1, 0.15) is 56.4 Å². The molecule has 90 valence electrons. The first-order chi connectivity index (χ1) is 7.74. The largest absolute Gasteiger partial charge is 0.345 e. The van der Waals surface area contributed by atoms with E-state index < -0.39 is 0 Å². The highest BCUT2D eigenvalue weighted by Crippen LogP contribution is 2.10. The molecular weight excluding hydrogens is 198 g/mol. The molecule has 2 nitrogen and oxygen atoms in total. The Labute approximate surface area is 98.7 Å². The van der Waals surface area contributed by atoms with Gasteiger partial charge in [0.15, 0.2) is 6.29 Å². The fourth-order valence-corrected chi connectivity index (χ4v) is 1.93. The van der Waals surface area contributed by atoms with Crippen molar-refractivity contribution in [2.45, 2.75) is 52.5 Å².